The average molecular weight is 907 g/mol. The number of carbonyl (C=O) groups is 1. The van der Waals surface area contributed by atoms with E-state index in [2.05, 4.69) is 72.9 Å². The summed E-state index contributed by atoms with van der Waals surface area (Å²) < 4.78 is 41.8. The maximum atomic E-state index is 14.0. The monoisotopic (exact) mass is 906 g/mol. The Morgan fingerprint density at radius 1 is 1.05 bits per heavy atom. The van der Waals surface area contributed by atoms with Gasteiger partial charge in [-0.15, -0.1) is 0 Å². The van der Waals surface area contributed by atoms with Crippen LogP contribution in [-0.4, -0.2) is 95.2 Å². The first-order chi connectivity index (χ1) is 31.2. The van der Waals surface area contributed by atoms with Crippen molar-refractivity contribution >= 4 is 44.2 Å². The summed E-state index contributed by atoms with van der Waals surface area (Å²) in [6, 6.07) is 20.7. The summed E-state index contributed by atoms with van der Waals surface area (Å²) >= 11 is 0. The summed E-state index contributed by atoms with van der Waals surface area (Å²) in [7, 11) is -4.68. The number of aromatic amines is 1. The van der Waals surface area contributed by atoms with Crippen LogP contribution in [0.1, 0.15) is 106 Å². The molecule has 16 nitrogen and oxygen atoms in total. The van der Waals surface area contributed by atoms with Gasteiger partial charge in [0, 0.05) is 61.6 Å². The Hall–Kier alpha value is -5.62. The highest BCUT2D eigenvalue weighted by atomic mass is 32.2. The highest BCUT2D eigenvalue weighted by molar-refractivity contribution is 7.90. The number of nitro groups is 1. The Bertz CT molecular complexity index is 2660. The number of benzene rings is 2. The third-order valence-electron chi connectivity index (χ3n) is 14.2. The minimum Gasteiger partial charge on any atom is -0.455 e. The average Bonchev–Trinajstić information content (AvgIpc) is 3.76. The number of aromatic nitrogens is 3. The fourth-order valence-electron chi connectivity index (χ4n) is 10.4. The Kier molecular flexibility index (Phi) is 12.3. The quantitative estimate of drug-likeness (QED) is 0.0653. The van der Waals surface area contributed by atoms with Crippen LogP contribution in [0.15, 0.2) is 84.1 Å². The number of amides is 1. The Morgan fingerprint density at radius 2 is 1.82 bits per heavy atom. The van der Waals surface area contributed by atoms with Crippen molar-refractivity contribution in [1.82, 2.24) is 24.6 Å². The number of H-pyrrole nitrogens is 1. The van der Waals surface area contributed by atoms with Crippen LogP contribution < -0.4 is 19.7 Å². The van der Waals surface area contributed by atoms with Gasteiger partial charge in [-0.1, -0.05) is 38.1 Å². The molecule has 17 heteroatoms. The number of pyridine rings is 2. The Labute approximate surface area is 379 Å². The number of anilines is 2. The van der Waals surface area contributed by atoms with Crippen molar-refractivity contribution in [3.05, 3.63) is 106 Å². The Balaban J connectivity index is 0.898. The normalized spacial score (nSPS) is 22.8. The number of hydrogen-bond donors (Lipinski definition) is 4. The van der Waals surface area contributed by atoms with E-state index in [4.69, 9.17) is 9.47 Å². The second-order valence-corrected chi connectivity index (χ2v) is 20.7. The molecular weight excluding hydrogens is 849 g/mol. The van der Waals surface area contributed by atoms with Gasteiger partial charge in [-0.25, -0.2) is 9.71 Å². The second-order valence-electron chi connectivity index (χ2n) is 19.1. The van der Waals surface area contributed by atoms with Gasteiger partial charge in [-0.2, -0.15) is 8.42 Å². The number of fused-ring (bicyclic) bond motifs is 1. The number of carbonyl (C=O) groups excluding carboxylic acids is 1. The number of hydrogen-bond acceptors (Lipinski definition) is 13. The van der Waals surface area contributed by atoms with Crippen molar-refractivity contribution in [3.63, 3.8) is 0 Å². The lowest BCUT2D eigenvalue weighted by atomic mass is 9.59. The standard InChI is InChI=1S/C48H58N8O8S/c1-31(2)37-6-4-5-7-38(37)41-30-63-23-22-55(41)35-26-48(27-35)17-20-54(21-18-48)34-8-9-39(42(25-34)64-36-24-33-14-19-49-44(33)51-29-36)46(57)53-65(61,62)43-11-10-40(45(52-43)56(59)60)50-28-32-12-15-47(3,58)16-13-32/h4-11,14,19,24-25,29,31-32,35,41,50,58H,12-13,15-18,20-23,26-28,30H2,1-3H3,(H,49,51)(H,53,57)/t32-,41-,47-/m1/s1. The predicted molar refractivity (Wildman–Crippen MR) is 247 cm³/mol. The molecule has 2 aromatic carbocycles. The summed E-state index contributed by atoms with van der Waals surface area (Å²) in [6.45, 7) is 10.7. The summed E-state index contributed by atoms with van der Waals surface area (Å²) in [4.78, 5) is 41.6. The van der Waals surface area contributed by atoms with Crippen LogP contribution in [0.3, 0.4) is 0 Å². The Morgan fingerprint density at radius 3 is 2.57 bits per heavy atom. The van der Waals surface area contributed by atoms with Crippen molar-refractivity contribution in [1.29, 1.82) is 0 Å². The lowest BCUT2D eigenvalue weighted by molar-refractivity contribution is -0.389. The minimum atomic E-state index is -4.68. The third-order valence-corrected chi connectivity index (χ3v) is 15.5. The molecular formula is C48H58N8O8S. The van der Waals surface area contributed by atoms with Crippen LogP contribution in [0.25, 0.3) is 11.0 Å². The van der Waals surface area contributed by atoms with E-state index in [0.29, 0.717) is 49.3 Å². The van der Waals surface area contributed by atoms with Crippen LogP contribution in [-0.2, 0) is 14.8 Å². The molecule has 1 atom stereocenters. The molecule has 65 heavy (non-hydrogen) atoms. The highest BCUT2D eigenvalue weighted by Gasteiger charge is 2.50. The molecule has 4 N–H and O–H groups in total. The molecule has 1 amide bonds. The molecule has 2 aliphatic heterocycles. The number of nitrogens with one attached hydrogen (secondary N) is 3. The van der Waals surface area contributed by atoms with E-state index in [0.717, 1.165) is 81.9 Å². The first-order valence-corrected chi connectivity index (χ1v) is 24.3. The summed E-state index contributed by atoms with van der Waals surface area (Å²) in [5.41, 5.74) is 3.79. The van der Waals surface area contributed by atoms with Gasteiger partial charge < -0.3 is 39.9 Å². The number of ether oxygens (including phenoxy) is 2. The van der Waals surface area contributed by atoms with Crippen LogP contribution in [0, 0.1) is 21.4 Å². The fourth-order valence-corrected chi connectivity index (χ4v) is 11.3. The highest BCUT2D eigenvalue weighted by Crippen LogP contribution is 2.53. The molecule has 5 aromatic rings. The van der Waals surface area contributed by atoms with Crippen molar-refractivity contribution in [3.8, 4) is 11.5 Å². The lowest BCUT2D eigenvalue weighted by Gasteiger charge is -2.57. The molecule has 4 fully saturated rings. The van der Waals surface area contributed by atoms with Gasteiger partial charge in [-0.05, 0) is 127 Å². The van der Waals surface area contributed by atoms with Crippen LogP contribution in [0.2, 0.25) is 0 Å². The van der Waals surface area contributed by atoms with E-state index >= 15 is 0 Å². The zero-order valence-electron chi connectivity index (χ0n) is 37.2. The van der Waals surface area contributed by atoms with Crippen LogP contribution in [0.4, 0.5) is 17.2 Å². The summed E-state index contributed by atoms with van der Waals surface area (Å²) in [5.74, 6) is -0.586. The zero-order valence-corrected chi connectivity index (χ0v) is 38.0. The molecule has 5 heterocycles. The largest absolute Gasteiger partial charge is 0.455 e. The van der Waals surface area contributed by atoms with E-state index in [-0.39, 0.29) is 34.4 Å². The van der Waals surface area contributed by atoms with Gasteiger partial charge in [0.1, 0.15) is 22.8 Å². The molecule has 2 saturated carbocycles. The lowest BCUT2D eigenvalue weighted by Crippen LogP contribution is -2.58. The number of rotatable bonds is 13. The first kappa shape index (κ1) is 44.6. The van der Waals surface area contributed by atoms with Crippen molar-refractivity contribution in [2.45, 2.75) is 101 Å². The zero-order chi connectivity index (χ0) is 45.5. The number of morpholine rings is 1. The number of piperidine rings is 1. The van der Waals surface area contributed by atoms with Crippen LogP contribution in [0.5, 0.6) is 11.5 Å². The van der Waals surface area contributed by atoms with Crippen molar-refractivity contribution in [2.75, 3.05) is 49.6 Å². The maximum absolute atomic E-state index is 14.0. The van der Waals surface area contributed by atoms with Gasteiger partial charge in [-0.3, -0.25) is 9.69 Å². The van der Waals surface area contributed by atoms with E-state index in [1.54, 1.807) is 37.4 Å². The van der Waals surface area contributed by atoms with E-state index in [1.165, 1.54) is 23.4 Å². The molecule has 3 aromatic heterocycles. The summed E-state index contributed by atoms with van der Waals surface area (Å²) in [6.07, 6.45) is 10.3. The fraction of sp³-hybridized carbons (Fsp3) is 0.479. The topological polar surface area (TPSA) is 205 Å². The molecule has 344 valence electrons. The molecule has 2 saturated heterocycles. The first-order valence-electron chi connectivity index (χ1n) is 22.8. The predicted octanol–water partition coefficient (Wildman–Crippen LogP) is 8.08. The van der Waals surface area contributed by atoms with Gasteiger partial charge in [0.05, 0.1) is 36.6 Å². The molecule has 0 bridgehead atoms. The minimum absolute atomic E-state index is 0.0554. The van der Waals surface area contributed by atoms with E-state index < -0.39 is 37.3 Å². The van der Waals surface area contributed by atoms with Crippen molar-refractivity contribution < 1.29 is 32.7 Å². The maximum Gasteiger partial charge on any atom is 0.388 e. The van der Waals surface area contributed by atoms with Crippen molar-refractivity contribution in [2.24, 2.45) is 11.3 Å². The number of nitrogens with zero attached hydrogens (tertiary/aromatic N) is 5. The van der Waals surface area contributed by atoms with Gasteiger partial charge >= 0.3 is 15.8 Å². The SMILES string of the molecule is CC(C)c1ccccc1[C@H]1COCCN1C1CC2(CCN(c3ccc(C(=O)NS(=O)(=O)c4ccc(NC[C@H]5CC[C@](C)(O)CC5)c([N+](=O)[O-])n4)c(Oc4cnc5[nH]ccc5c4)c3)CC2)C1. The van der Waals surface area contributed by atoms with Crippen LogP contribution >= 0.6 is 0 Å². The number of sulfonamides is 1. The van der Waals surface area contributed by atoms with Gasteiger partial charge in [0.15, 0.2) is 0 Å². The number of aliphatic hydroxyl groups is 1. The second kappa shape index (κ2) is 18.0. The molecule has 1 spiro atoms. The van der Waals surface area contributed by atoms with Gasteiger partial charge in [0.25, 0.3) is 10.9 Å². The van der Waals surface area contributed by atoms with Gasteiger partial charge in [0.2, 0.25) is 0 Å². The molecule has 0 unspecified atom stereocenters. The molecule has 9 rings (SSSR count). The molecule has 2 aliphatic carbocycles. The molecule has 4 aliphatic rings. The smallest absolute Gasteiger partial charge is 0.388 e. The van der Waals surface area contributed by atoms with E-state index in [9.17, 15) is 28.4 Å². The summed E-state index contributed by atoms with van der Waals surface area (Å²) in [5, 5.41) is 25.6. The molecule has 0 radical (unpaired) electrons. The van der Waals surface area contributed by atoms with E-state index in [1.807, 2.05) is 6.07 Å². The third kappa shape index (κ3) is 9.55.